The van der Waals surface area contributed by atoms with Gasteiger partial charge in [0.05, 0.1) is 0 Å². The number of benzene rings is 1. The lowest BCUT2D eigenvalue weighted by Crippen LogP contribution is -2.50. The van der Waals surface area contributed by atoms with Gasteiger partial charge >= 0.3 is 0 Å². The second-order valence-electron chi connectivity index (χ2n) is 6.75. The number of nitrogens with zero attached hydrogens (tertiary/aromatic N) is 5. The fraction of sp³-hybridized carbons (Fsp3) is 0.429. The Labute approximate surface area is 205 Å². The number of carbonyl (C=O) groups is 1. The van der Waals surface area contributed by atoms with Crippen LogP contribution in [0.4, 0.5) is 5.95 Å². The van der Waals surface area contributed by atoms with Crippen LogP contribution in [0.3, 0.4) is 0 Å². The third-order valence-electron chi connectivity index (χ3n) is 4.73. The first-order valence-electron chi connectivity index (χ1n) is 10.2. The van der Waals surface area contributed by atoms with Crippen LogP contribution in [0.1, 0.15) is 6.42 Å². The van der Waals surface area contributed by atoms with Gasteiger partial charge in [0.25, 0.3) is 0 Å². The van der Waals surface area contributed by atoms with Crippen molar-refractivity contribution in [1.82, 2.24) is 25.5 Å². The van der Waals surface area contributed by atoms with E-state index in [1.54, 1.807) is 37.3 Å². The summed E-state index contributed by atoms with van der Waals surface area (Å²) in [6, 6.07) is 12.1. The number of guanidine groups is 1. The van der Waals surface area contributed by atoms with Crippen molar-refractivity contribution < 1.29 is 4.79 Å². The number of amides is 1. The van der Waals surface area contributed by atoms with E-state index < -0.39 is 0 Å². The Morgan fingerprint density at radius 1 is 1.03 bits per heavy atom. The van der Waals surface area contributed by atoms with E-state index in [-0.39, 0.29) is 29.9 Å². The molecule has 8 nitrogen and oxygen atoms in total. The van der Waals surface area contributed by atoms with Gasteiger partial charge in [-0.05, 0) is 18.2 Å². The number of piperazine rings is 1. The molecule has 2 aromatic rings. The maximum Gasteiger partial charge on any atom is 0.225 e. The van der Waals surface area contributed by atoms with E-state index in [4.69, 9.17) is 0 Å². The topological polar surface area (TPSA) is 85.8 Å². The van der Waals surface area contributed by atoms with E-state index in [1.165, 1.54) is 4.90 Å². The zero-order valence-corrected chi connectivity index (χ0v) is 20.9. The summed E-state index contributed by atoms with van der Waals surface area (Å²) in [7, 11) is 1.74. The smallest absolute Gasteiger partial charge is 0.225 e. The minimum atomic E-state index is 0. The highest BCUT2D eigenvalue weighted by atomic mass is 127. The average molecular weight is 555 g/mol. The first-order valence-corrected chi connectivity index (χ1v) is 11.2. The van der Waals surface area contributed by atoms with Gasteiger partial charge in [0.2, 0.25) is 11.9 Å². The summed E-state index contributed by atoms with van der Waals surface area (Å²) >= 11 is 1.80. The normalized spacial score (nSPS) is 14.0. The highest BCUT2D eigenvalue weighted by molar-refractivity contribution is 14.0. The summed E-state index contributed by atoms with van der Waals surface area (Å²) < 4.78 is 0. The molecule has 0 atom stereocenters. The third-order valence-corrected chi connectivity index (χ3v) is 5.74. The average Bonchev–Trinajstić information content (AvgIpc) is 2.82. The predicted octanol–water partition coefficient (Wildman–Crippen LogP) is 2.09. The van der Waals surface area contributed by atoms with Gasteiger partial charge in [0, 0.05) is 75.8 Å². The summed E-state index contributed by atoms with van der Waals surface area (Å²) in [4.78, 5) is 30.6. The van der Waals surface area contributed by atoms with Crippen LogP contribution in [-0.4, -0.2) is 78.8 Å². The number of aliphatic imine (C=N–C) groups is 1. The summed E-state index contributed by atoms with van der Waals surface area (Å²) in [6.07, 6.45) is 3.93. The molecule has 1 aliphatic rings. The van der Waals surface area contributed by atoms with Crippen LogP contribution in [0.15, 0.2) is 58.7 Å². The zero-order chi connectivity index (χ0) is 21.0. The Bertz CT molecular complexity index is 802. The number of hydrogen-bond acceptors (Lipinski definition) is 6. The van der Waals surface area contributed by atoms with E-state index in [1.807, 2.05) is 23.1 Å². The molecule has 0 saturated carbocycles. The fourth-order valence-electron chi connectivity index (χ4n) is 3.13. The highest BCUT2D eigenvalue weighted by Crippen LogP contribution is 2.15. The molecule has 1 amide bonds. The Hall–Kier alpha value is -2.08. The first kappa shape index (κ1) is 25.2. The van der Waals surface area contributed by atoms with Gasteiger partial charge in [-0.15, -0.1) is 35.7 Å². The van der Waals surface area contributed by atoms with Gasteiger partial charge in [-0.1, -0.05) is 18.2 Å². The first-order chi connectivity index (χ1) is 14.8. The molecule has 1 saturated heterocycles. The Morgan fingerprint density at radius 3 is 2.39 bits per heavy atom. The van der Waals surface area contributed by atoms with Gasteiger partial charge < -0.3 is 20.4 Å². The SMILES string of the molecule is CN=C(NCCSc1ccccc1)NCCC(=O)N1CCN(c2ncccn2)CC1.I. The molecule has 31 heavy (non-hydrogen) atoms. The molecule has 2 heterocycles. The van der Waals surface area contributed by atoms with Gasteiger partial charge in [-0.2, -0.15) is 0 Å². The van der Waals surface area contributed by atoms with Gasteiger partial charge in [0.1, 0.15) is 0 Å². The Morgan fingerprint density at radius 2 is 1.71 bits per heavy atom. The van der Waals surface area contributed by atoms with E-state index in [2.05, 4.69) is 42.6 Å². The van der Waals surface area contributed by atoms with Crippen molar-refractivity contribution in [1.29, 1.82) is 0 Å². The second kappa shape index (κ2) is 14.1. The number of aromatic nitrogens is 2. The van der Waals surface area contributed by atoms with Gasteiger partial charge in [-0.25, -0.2) is 9.97 Å². The number of hydrogen-bond donors (Lipinski definition) is 2. The molecule has 1 aromatic carbocycles. The molecule has 1 aromatic heterocycles. The van der Waals surface area contributed by atoms with E-state index in [9.17, 15) is 4.79 Å². The molecule has 0 unspecified atom stereocenters. The summed E-state index contributed by atoms with van der Waals surface area (Å²) in [5.41, 5.74) is 0. The Kier molecular flexibility index (Phi) is 11.4. The predicted molar refractivity (Wildman–Crippen MR) is 137 cm³/mol. The second-order valence-corrected chi connectivity index (χ2v) is 7.92. The van der Waals surface area contributed by atoms with E-state index >= 15 is 0 Å². The van der Waals surface area contributed by atoms with Crippen molar-refractivity contribution in [2.24, 2.45) is 4.99 Å². The number of rotatable bonds is 8. The number of carbonyl (C=O) groups excluding carboxylic acids is 1. The number of anilines is 1. The summed E-state index contributed by atoms with van der Waals surface area (Å²) in [5, 5.41) is 6.51. The molecule has 1 fully saturated rings. The molecule has 1 aliphatic heterocycles. The number of nitrogens with one attached hydrogen (secondary N) is 2. The number of halogens is 1. The summed E-state index contributed by atoms with van der Waals surface area (Å²) in [6.45, 7) is 4.27. The molecule has 0 spiro atoms. The molecular formula is C21H30IN7OS. The third kappa shape index (κ3) is 8.52. The van der Waals surface area contributed by atoms with Crippen molar-refractivity contribution in [3.63, 3.8) is 0 Å². The molecule has 10 heteroatoms. The summed E-state index contributed by atoms with van der Waals surface area (Å²) in [5.74, 6) is 2.55. The molecule has 168 valence electrons. The minimum Gasteiger partial charge on any atom is -0.356 e. The van der Waals surface area contributed by atoms with E-state index in [0.717, 1.165) is 37.3 Å². The maximum absolute atomic E-state index is 12.5. The molecular weight excluding hydrogens is 525 g/mol. The van der Waals surface area contributed by atoms with Crippen LogP contribution in [0.5, 0.6) is 0 Å². The molecule has 0 bridgehead atoms. The quantitative estimate of drug-likeness (QED) is 0.170. The molecule has 0 radical (unpaired) electrons. The zero-order valence-electron chi connectivity index (χ0n) is 17.7. The van der Waals surface area contributed by atoms with Crippen LogP contribution in [-0.2, 0) is 4.79 Å². The standard InChI is InChI=1S/C21H29N7OS.HI/c1-22-20(24-12-17-30-18-6-3-2-4-7-18)23-11-8-19(29)27-13-15-28(16-14-27)21-25-9-5-10-26-21;/h2-7,9-10H,8,11-17H2,1H3,(H2,22,23,24);1H. The van der Waals surface area contributed by atoms with Crippen molar-refractivity contribution in [2.45, 2.75) is 11.3 Å². The number of thioether (sulfide) groups is 1. The fourth-order valence-corrected chi connectivity index (χ4v) is 3.92. The molecule has 0 aliphatic carbocycles. The Balaban J connectivity index is 0.00000341. The maximum atomic E-state index is 12.5. The van der Waals surface area contributed by atoms with Crippen molar-refractivity contribution in [2.75, 3.05) is 57.0 Å². The molecule has 2 N–H and O–H groups in total. The molecule has 3 rings (SSSR count). The lowest BCUT2D eigenvalue weighted by molar-refractivity contribution is -0.131. The van der Waals surface area contributed by atoms with Crippen LogP contribution < -0.4 is 15.5 Å². The van der Waals surface area contributed by atoms with Gasteiger partial charge in [0.15, 0.2) is 5.96 Å². The van der Waals surface area contributed by atoms with Crippen LogP contribution >= 0.6 is 35.7 Å². The van der Waals surface area contributed by atoms with Crippen molar-refractivity contribution >= 4 is 53.6 Å². The highest BCUT2D eigenvalue weighted by Gasteiger charge is 2.22. The van der Waals surface area contributed by atoms with Crippen LogP contribution in [0.25, 0.3) is 0 Å². The largest absolute Gasteiger partial charge is 0.356 e. The van der Waals surface area contributed by atoms with Crippen molar-refractivity contribution in [3.05, 3.63) is 48.8 Å². The van der Waals surface area contributed by atoms with Crippen LogP contribution in [0.2, 0.25) is 0 Å². The van der Waals surface area contributed by atoms with Crippen molar-refractivity contribution in [3.8, 4) is 0 Å². The van der Waals surface area contributed by atoms with Gasteiger partial charge in [-0.3, -0.25) is 9.79 Å². The lowest BCUT2D eigenvalue weighted by atomic mass is 10.3. The lowest BCUT2D eigenvalue weighted by Gasteiger charge is -2.34. The minimum absolute atomic E-state index is 0. The van der Waals surface area contributed by atoms with Crippen LogP contribution in [0, 0.1) is 0 Å². The van der Waals surface area contributed by atoms with E-state index in [0.29, 0.717) is 26.1 Å². The monoisotopic (exact) mass is 555 g/mol.